The van der Waals surface area contributed by atoms with Gasteiger partial charge < -0.3 is 5.11 Å². The summed E-state index contributed by atoms with van der Waals surface area (Å²) in [5, 5.41) is 19.1. The molecule has 5 nitrogen and oxygen atoms in total. The molecule has 3 aromatic carbocycles. The molecule has 0 radical (unpaired) electrons. The van der Waals surface area contributed by atoms with Gasteiger partial charge in [-0.05, 0) is 66.8 Å². The van der Waals surface area contributed by atoms with Gasteiger partial charge in [-0.15, -0.1) is 0 Å². The number of phenolic OH excluding ortho intramolecular Hbond substituents is 1. The molecule has 0 unspecified atom stereocenters. The van der Waals surface area contributed by atoms with Gasteiger partial charge in [-0.3, -0.25) is 9.36 Å². The normalized spacial score (nSPS) is 10.7. The summed E-state index contributed by atoms with van der Waals surface area (Å²) >= 11 is 0. The number of hydrogen-bond donors (Lipinski definition) is 1. The number of rotatable bonds is 7. The number of nitrogens with zero attached hydrogens (tertiary/aromatic N) is 3. The Morgan fingerprint density at radius 1 is 1.00 bits per heavy atom. The minimum Gasteiger partial charge on any atom is -0.508 e. The Hall–Kier alpha value is -4.17. The van der Waals surface area contributed by atoms with E-state index in [2.05, 4.69) is 13.0 Å². The van der Waals surface area contributed by atoms with Crippen LogP contribution in [0.3, 0.4) is 0 Å². The SMILES string of the molecule is CCCCc1nc(C)n(-c2ccc(O)cc2)c(=O)c1Cc1ccc(-c2ccccc2C#N)cc1. The summed E-state index contributed by atoms with van der Waals surface area (Å²) in [5.41, 5.74) is 5.65. The number of benzene rings is 3. The van der Waals surface area contributed by atoms with Crippen molar-refractivity contribution in [3.05, 3.63) is 111 Å². The summed E-state index contributed by atoms with van der Waals surface area (Å²) in [6.07, 6.45) is 3.22. The predicted octanol–water partition coefficient (Wildman–Crippen LogP) is 5.72. The maximum atomic E-state index is 13.7. The van der Waals surface area contributed by atoms with E-state index in [1.807, 2.05) is 55.5 Å². The summed E-state index contributed by atoms with van der Waals surface area (Å²) in [4.78, 5) is 18.5. The largest absolute Gasteiger partial charge is 0.508 e. The van der Waals surface area contributed by atoms with Crippen molar-refractivity contribution in [1.82, 2.24) is 9.55 Å². The van der Waals surface area contributed by atoms with Crippen LogP contribution in [0, 0.1) is 18.3 Å². The van der Waals surface area contributed by atoms with Crippen LogP contribution in [0.4, 0.5) is 0 Å². The highest BCUT2D eigenvalue weighted by Gasteiger charge is 2.16. The topological polar surface area (TPSA) is 78.9 Å². The molecular formula is C29H27N3O2. The second-order valence-corrected chi connectivity index (χ2v) is 8.38. The van der Waals surface area contributed by atoms with E-state index < -0.39 is 0 Å². The van der Waals surface area contributed by atoms with Crippen LogP contribution in [0.2, 0.25) is 0 Å². The van der Waals surface area contributed by atoms with Crippen LogP contribution < -0.4 is 5.56 Å². The smallest absolute Gasteiger partial charge is 0.261 e. The Morgan fingerprint density at radius 3 is 2.38 bits per heavy atom. The molecule has 0 spiro atoms. The summed E-state index contributed by atoms with van der Waals surface area (Å²) in [6.45, 7) is 3.97. The van der Waals surface area contributed by atoms with Crippen molar-refractivity contribution < 1.29 is 5.11 Å². The first-order valence-electron chi connectivity index (χ1n) is 11.5. The summed E-state index contributed by atoms with van der Waals surface area (Å²) < 4.78 is 1.61. The third-order valence-corrected chi connectivity index (χ3v) is 6.00. The van der Waals surface area contributed by atoms with E-state index in [4.69, 9.17) is 4.98 Å². The van der Waals surface area contributed by atoms with Gasteiger partial charge in [0.25, 0.3) is 5.56 Å². The Kier molecular flexibility index (Phi) is 6.89. The molecule has 0 amide bonds. The number of phenols is 1. The van der Waals surface area contributed by atoms with Crippen LogP contribution >= 0.6 is 0 Å². The molecule has 0 aliphatic rings. The minimum absolute atomic E-state index is 0.0804. The van der Waals surface area contributed by atoms with Crippen molar-refractivity contribution in [3.63, 3.8) is 0 Å². The third-order valence-electron chi connectivity index (χ3n) is 6.00. The highest BCUT2D eigenvalue weighted by atomic mass is 16.3. The van der Waals surface area contributed by atoms with Crippen molar-refractivity contribution in [2.45, 2.75) is 39.5 Å². The molecule has 170 valence electrons. The molecule has 0 atom stereocenters. The minimum atomic E-state index is -0.0804. The number of aryl methyl sites for hydroxylation is 2. The quantitative estimate of drug-likeness (QED) is 0.391. The number of nitriles is 1. The molecular weight excluding hydrogens is 422 g/mol. The highest BCUT2D eigenvalue weighted by molar-refractivity contribution is 5.70. The Bertz CT molecular complexity index is 1400. The third kappa shape index (κ3) is 4.77. The number of aromatic hydroxyl groups is 1. The molecule has 1 N–H and O–H groups in total. The van der Waals surface area contributed by atoms with Crippen molar-refractivity contribution in [2.75, 3.05) is 0 Å². The fraction of sp³-hybridized carbons (Fsp3) is 0.207. The Balaban J connectivity index is 1.74. The van der Waals surface area contributed by atoms with Gasteiger partial charge in [0.05, 0.1) is 23.0 Å². The lowest BCUT2D eigenvalue weighted by Crippen LogP contribution is -2.28. The van der Waals surface area contributed by atoms with Gasteiger partial charge in [0.1, 0.15) is 11.6 Å². The lowest BCUT2D eigenvalue weighted by molar-refractivity contribution is 0.475. The van der Waals surface area contributed by atoms with E-state index in [-0.39, 0.29) is 11.3 Å². The van der Waals surface area contributed by atoms with Crippen LogP contribution in [0.15, 0.2) is 77.6 Å². The average Bonchev–Trinajstić information content (AvgIpc) is 2.86. The van der Waals surface area contributed by atoms with E-state index >= 15 is 0 Å². The molecule has 0 saturated carbocycles. The highest BCUT2D eigenvalue weighted by Crippen LogP contribution is 2.24. The van der Waals surface area contributed by atoms with E-state index in [0.29, 0.717) is 29.1 Å². The monoisotopic (exact) mass is 449 g/mol. The Morgan fingerprint density at radius 2 is 1.71 bits per heavy atom. The van der Waals surface area contributed by atoms with Crippen LogP contribution in [0.5, 0.6) is 5.75 Å². The van der Waals surface area contributed by atoms with Gasteiger partial charge in [0.2, 0.25) is 0 Å². The molecule has 4 rings (SSSR count). The maximum absolute atomic E-state index is 13.7. The zero-order valence-electron chi connectivity index (χ0n) is 19.5. The molecule has 5 heteroatoms. The lowest BCUT2D eigenvalue weighted by Gasteiger charge is -2.16. The number of hydrogen-bond acceptors (Lipinski definition) is 4. The molecule has 0 aliphatic heterocycles. The van der Waals surface area contributed by atoms with Gasteiger partial charge in [0.15, 0.2) is 0 Å². The second kappa shape index (κ2) is 10.2. The molecule has 0 bridgehead atoms. The van der Waals surface area contributed by atoms with E-state index in [1.165, 1.54) is 0 Å². The van der Waals surface area contributed by atoms with E-state index in [9.17, 15) is 15.2 Å². The fourth-order valence-corrected chi connectivity index (χ4v) is 4.19. The standard InChI is InChI=1S/C29H27N3O2/c1-3-4-9-28-27(29(34)32(20(2)31-28)24-14-16-25(33)17-15-24)18-21-10-12-22(13-11-21)26-8-6-5-7-23(26)19-30/h5-8,10-17,33H,3-4,9,18H2,1-2H3. The predicted molar refractivity (Wildman–Crippen MR) is 134 cm³/mol. The fourth-order valence-electron chi connectivity index (χ4n) is 4.19. The first kappa shape index (κ1) is 23.0. The molecule has 1 aromatic heterocycles. The average molecular weight is 450 g/mol. The second-order valence-electron chi connectivity index (χ2n) is 8.38. The van der Waals surface area contributed by atoms with Crippen molar-refractivity contribution in [2.24, 2.45) is 0 Å². The maximum Gasteiger partial charge on any atom is 0.261 e. The van der Waals surface area contributed by atoms with Crippen molar-refractivity contribution in [1.29, 1.82) is 5.26 Å². The van der Waals surface area contributed by atoms with Gasteiger partial charge in [-0.2, -0.15) is 5.26 Å². The van der Waals surface area contributed by atoms with E-state index in [1.54, 1.807) is 28.8 Å². The van der Waals surface area contributed by atoms with Crippen LogP contribution in [-0.2, 0) is 12.8 Å². The summed E-state index contributed by atoms with van der Waals surface area (Å²) in [5.74, 6) is 0.786. The molecule has 34 heavy (non-hydrogen) atoms. The summed E-state index contributed by atoms with van der Waals surface area (Å²) in [6, 6.07) is 24.4. The Labute approximate surface area is 199 Å². The van der Waals surface area contributed by atoms with Gasteiger partial charge >= 0.3 is 0 Å². The first-order valence-corrected chi connectivity index (χ1v) is 11.5. The molecule has 1 heterocycles. The van der Waals surface area contributed by atoms with Crippen molar-refractivity contribution >= 4 is 0 Å². The van der Waals surface area contributed by atoms with Gasteiger partial charge in [0, 0.05) is 12.0 Å². The van der Waals surface area contributed by atoms with Crippen molar-refractivity contribution in [3.8, 4) is 28.6 Å². The zero-order valence-corrected chi connectivity index (χ0v) is 19.5. The van der Waals surface area contributed by atoms with E-state index in [0.717, 1.165) is 41.6 Å². The molecule has 0 aliphatic carbocycles. The summed E-state index contributed by atoms with van der Waals surface area (Å²) in [7, 11) is 0. The number of unbranched alkanes of at least 4 members (excludes halogenated alkanes) is 1. The molecule has 4 aromatic rings. The van der Waals surface area contributed by atoms with Crippen LogP contribution in [0.25, 0.3) is 16.8 Å². The van der Waals surface area contributed by atoms with Crippen LogP contribution in [0.1, 0.15) is 48.0 Å². The lowest BCUT2D eigenvalue weighted by atomic mass is 9.96. The molecule has 0 fully saturated rings. The number of aromatic nitrogens is 2. The zero-order chi connectivity index (χ0) is 24.1. The van der Waals surface area contributed by atoms with Crippen LogP contribution in [-0.4, -0.2) is 14.7 Å². The van der Waals surface area contributed by atoms with Gasteiger partial charge in [-0.1, -0.05) is 55.8 Å². The first-order chi connectivity index (χ1) is 16.5. The molecule has 0 saturated heterocycles. The van der Waals surface area contributed by atoms with Gasteiger partial charge in [-0.25, -0.2) is 4.98 Å².